The van der Waals surface area contributed by atoms with Crippen LogP contribution in [-0.2, 0) is 76.7 Å². The van der Waals surface area contributed by atoms with E-state index >= 15 is 0 Å². The molecule has 0 aromatic heterocycles. The third-order valence-electron chi connectivity index (χ3n) is 21.3. The van der Waals surface area contributed by atoms with Crippen LogP contribution in [0, 0.1) is 71.0 Å². The van der Waals surface area contributed by atoms with Crippen LogP contribution in [0.15, 0.2) is 0 Å². The van der Waals surface area contributed by atoms with Crippen molar-refractivity contribution in [2.75, 3.05) is 209 Å². The van der Waals surface area contributed by atoms with E-state index in [1.54, 1.807) is 27.7 Å². The molecule has 0 aromatic rings. The number of ketones is 8. The largest absolute Gasteiger partial charge is 0.357 e. The molecular formula is C88H180N24O16+8. The summed E-state index contributed by atoms with van der Waals surface area (Å²) in [7, 11) is 0. The highest BCUT2D eigenvalue weighted by Crippen LogP contribution is 2.31. The van der Waals surface area contributed by atoms with E-state index in [4.69, 9.17) is 0 Å². The average Bonchev–Trinajstić information content (AvgIpc) is 0.855. The summed E-state index contributed by atoms with van der Waals surface area (Å²) in [6.45, 7) is 32.8. The molecular weight excluding hydrogens is 1650 g/mol. The molecule has 0 spiro atoms. The van der Waals surface area contributed by atoms with Gasteiger partial charge in [-0.25, -0.2) is 0 Å². The molecule has 40 heteroatoms. The Labute approximate surface area is 762 Å². The van der Waals surface area contributed by atoms with Crippen LogP contribution in [0.4, 0.5) is 0 Å². The second-order valence-corrected chi connectivity index (χ2v) is 34.6. The predicted molar refractivity (Wildman–Crippen MR) is 489 cm³/mol. The molecule has 40 N–H and O–H groups in total. The van der Waals surface area contributed by atoms with Crippen LogP contribution < -0.4 is 131 Å². The number of quaternary nitrogens is 8. The number of Topliss-reactive ketones (excluding diaryl/α,β-unsaturated/α-hetero) is 8. The first kappa shape index (κ1) is 123. The van der Waals surface area contributed by atoms with E-state index in [0.717, 1.165) is 26.2 Å². The number of hydrogen-bond acceptors (Lipinski definition) is 24. The van der Waals surface area contributed by atoms with E-state index in [2.05, 4.69) is 131 Å². The Morgan fingerprint density at radius 1 is 0.188 bits per heavy atom. The molecule has 128 heavy (non-hydrogen) atoms. The number of rotatable bonds is 86. The van der Waals surface area contributed by atoms with E-state index < -0.39 is 94.9 Å². The molecule has 0 aliphatic carbocycles. The fourth-order valence-electron chi connectivity index (χ4n) is 14.3. The highest BCUT2D eigenvalue weighted by molar-refractivity contribution is 5.99. The van der Waals surface area contributed by atoms with Gasteiger partial charge in [-0.3, -0.25) is 76.7 Å². The van der Waals surface area contributed by atoms with Crippen LogP contribution in [0.3, 0.4) is 0 Å². The lowest BCUT2D eigenvalue weighted by molar-refractivity contribution is -0.365. The van der Waals surface area contributed by atoms with E-state index in [9.17, 15) is 76.7 Å². The summed E-state index contributed by atoms with van der Waals surface area (Å²) in [5, 5.41) is 47.8. The van der Waals surface area contributed by atoms with Gasteiger partial charge in [-0.1, -0.05) is 55.4 Å². The third kappa shape index (κ3) is 66.8. The number of carbonyl (C=O) groups excluding carboxylic acids is 16. The predicted octanol–water partition coefficient (Wildman–Crippen LogP) is -10.5. The van der Waals surface area contributed by atoms with Crippen LogP contribution in [-0.4, -0.2) is 303 Å². The molecule has 0 bridgehead atoms. The van der Waals surface area contributed by atoms with Crippen molar-refractivity contribution < 1.29 is 123 Å². The summed E-state index contributed by atoms with van der Waals surface area (Å²) >= 11 is 0. The highest BCUT2D eigenvalue weighted by atomic mass is 16.2. The summed E-state index contributed by atoms with van der Waals surface area (Å²) in [6.07, 6.45) is -1.38. The number of hydrogen-bond donors (Lipinski definition) is 24. The van der Waals surface area contributed by atoms with Crippen LogP contribution in [0.1, 0.15) is 184 Å². The summed E-state index contributed by atoms with van der Waals surface area (Å²) < 4.78 is 0. The summed E-state index contributed by atoms with van der Waals surface area (Å²) in [4.78, 5) is 217. The van der Waals surface area contributed by atoms with Crippen molar-refractivity contribution in [2.24, 2.45) is 71.0 Å². The van der Waals surface area contributed by atoms with Gasteiger partial charge in [0, 0.05) is 306 Å². The Bertz CT molecular complexity index is 3140. The second-order valence-electron chi connectivity index (χ2n) is 34.6. The van der Waals surface area contributed by atoms with Crippen molar-refractivity contribution in [3.63, 3.8) is 0 Å². The molecule has 8 amide bonds. The zero-order chi connectivity index (χ0) is 96.2. The van der Waals surface area contributed by atoms with Gasteiger partial charge in [-0.15, -0.1) is 0 Å². The molecule has 740 valence electrons. The Hall–Kier alpha value is -7.52. The van der Waals surface area contributed by atoms with Crippen molar-refractivity contribution in [1.82, 2.24) is 85.1 Å². The van der Waals surface area contributed by atoms with Crippen molar-refractivity contribution in [1.29, 1.82) is 0 Å². The highest BCUT2D eigenvalue weighted by Gasteiger charge is 2.38. The Morgan fingerprint density at radius 3 is 0.625 bits per heavy atom. The maximum absolute atomic E-state index is 14.5. The molecule has 40 nitrogen and oxygen atoms in total. The SMILES string of the molecule is CC(C)CC(CC(=O)NCCNCC[NH3+])C(=O)CC(CC(=O)NCCNCC[NH3+])C(=O)CC(CC(=O)NCCNCC[NH3+])C(=O)CC(CC(=O)NCCNCC[NH3+])C(=O)C(C)C.CC(C)CC(CCC(=O)NCCNCC[NH3+])C(=O)CC(CCC(=O)NCCNCC[NH3+])C(=O)CC(CCC(=O)NCCNCC[NH3+])C(=O)CC(CCC(=O)NCCNCC[NH3+])C(=O)C(C)C. The molecule has 8 atom stereocenters. The van der Waals surface area contributed by atoms with Crippen LogP contribution in [0.2, 0.25) is 0 Å². The minimum Gasteiger partial charge on any atom is -0.357 e. The van der Waals surface area contributed by atoms with Crippen LogP contribution in [0.5, 0.6) is 0 Å². The van der Waals surface area contributed by atoms with Gasteiger partial charge in [0.25, 0.3) is 0 Å². The van der Waals surface area contributed by atoms with Crippen molar-refractivity contribution in [3.8, 4) is 0 Å². The zero-order valence-electron chi connectivity index (χ0n) is 79.9. The molecule has 0 fully saturated rings. The lowest BCUT2D eigenvalue weighted by Crippen LogP contribution is -2.54. The van der Waals surface area contributed by atoms with Crippen molar-refractivity contribution in [2.45, 2.75) is 184 Å². The molecule has 8 unspecified atom stereocenters. The van der Waals surface area contributed by atoms with Crippen molar-refractivity contribution in [3.05, 3.63) is 0 Å². The van der Waals surface area contributed by atoms with Crippen LogP contribution in [0.25, 0.3) is 0 Å². The molecule has 0 saturated heterocycles. The Balaban J connectivity index is 0. The monoisotopic (exact) mass is 1830 g/mol. The Morgan fingerprint density at radius 2 is 0.367 bits per heavy atom. The minimum absolute atomic E-state index is 0.0273. The molecule has 0 heterocycles. The molecule has 0 saturated carbocycles. The summed E-state index contributed by atoms with van der Waals surface area (Å²) in [6, 6.07) is 0. The number of carbonyl (C=O) groups is 16. The van der Waals surface area contributed by atoms with Crippen LogP contribution >= 0.6 is 0 Å². The van der Waals surface area contributed by atoms with Gasteiger partial charge in [-0.05, 0) is 50.4 Å². The summed E-state index contributed by atoms with van der Waals surface area (Å²) in [5.74, 6) is -13.4. The topological polar surface area (TPSA) is 687 Å². The zero-order valence-corrected chi connectivity index (χ0v) is 79.9. The molecule has 0 radical (unpaired) electrons. The normalized spacial score (nSPS) is 13.2. The van der Waals surface area contributed by atoms with Gasteiger partial charge in [0.15, 0.2) is 0 Å². The first-order valence-electron chi connectivity index (χ1n) is 47.6. The van der Waals surface area contributed by atoms with Gasteiger partial charge in [0.05, 0.1) is 52.4 Å². The van der Waals surface area contributed by atoms with Crippen molar-refractivity contribution >= 4 is 93.5 Å². The lowest BCUT2D eigenvalue weighted by Gasteiger charge is -2.24. The summed E-state index contributed by atoms with van der Waals surface area (Å²) in [5.41, 5.74) is 30.3. The van der Waals surface area contributed by atoms with Gasteiger partial charge in [0.2, 0.25) is 47.3 Å². The maximum Gasteiger partial charge on any atom is 0.220 e. The van der Waals surface area contributed by atoms with Gasteiger partial charge >= 0.3 is 0 Å². The molecule has 0 aliphatic heterocycles. The Kier molecular flexibility index (Phi) is 76.9. The van der Waals surface area contributed by atoms with E-state index in [1.807, 2.05) is 27.7 Å². The quantitative estimate of drug-likeness (QED) is 0.0251. The molecule has 0 aliphatic rings. The third-order valence-corrected chi connectivity index (χ3v) is 21.3. The minimum atomic E-state index is -1.20. The van der Waals surface area contributed by atoms with Gasteiger partial charge in [0.1, 0.15) is 46.3 Å². The molecule has 0 rings (SSSR count). The number of amides is 8. The number of nitrogens with one attached hydrogen (secondary N) is 16. The van der Waals surface area contributed by atoms with E-state index in [0.29, 0.717) is 189 Å². The van der Waals surface area contributed by atoms with Gasteiger partial charge in [-0.2, -0.15) is 0 Å². The lowest BCUT2D eigenvalue weighted by atomic mass is 9.78. The smallest absolute Gasteiger partial charge is 0.220 e. The average molecular weight is 1830 g/mol. The van der Waals surface area contributed by atoms with E-state index in [1.165, 1.54) is 0 Å². The fourth-order valence-corrected chi connectivity index (χ4v) is 14.3. The molecule has 0 aromatic carbocycles. The second kappa shape index (κ2) is 80.3. The standard InChI is InChI=1S/C46H90N12O8.C42H82N12O8/c1-33(2)29-35(5-9-42(62)55-25-21-51-17-13-47)39(59)30-36(6-10-43(63)56-26-22-52-18-14-48)40(60)31-37(7-11-44(64)57-27-23-53-19-15-49)41(61)32-38(46(66)34(3)4)8-12-45(65)58-28-24-54-20-16-50;1-29(2)21-31(25-38(58)51-17-13-47-9-5-43)35(55)22-32(26-39(59)52-18-14-48-10-6-44)36(56)23-33(27-40(60)53-19-15-49-11-7-45)37(57)24-34(42(62)30(3)4)28-41(61)54-20-16-50-12-8-46/h33-38,51-54H,5-32,47-50H2,1-4H3,(H,55,62)(H,56,63)(H,57,64)(H,58,65);29-34,47-50H,5-28,43-46H2,1-4H3,(H,51,58)(H,52,59)(H,53,60)(H,54,61)/p+8. The first-order chi connectivity index (χ1) is 61.2. The maximum atomic E-state index is 14.5. The fraction of sp³-hybridized carbons (Fsp3) is 0.818. The van der Waals surface area contributed by atoms with E-state index in [-0.39, 0.29) is 192 Å². The van der Waals surface area contributed by atoms with Gasteiger partial charge < -0.3 is 131 Å². The first-order valence-corrected chi connectivity index (χ1v) is 47.6.